The number of halogens is 1. The molecule has 2 aromatic rings. The molecule has 1 atom stereocenters. The Morgan fingerprint density at radius 2 is 2.26 bits per heavy atom. The number of hydrogen-bond donors (Lipinski definition) is 0. The number of ether oxygens (including phenoxy) is 1. The average Bonchev–Trinajstić information content (AvgIpc) is 2.77. The van der Waals surface area contributed by atoms with Crippen LogP contribution in [-0.4, -0.2) is 34.0 Å². The zero-order chi connectivity index (χ0) is 13.8. The summed E-state index contributed by atoms with van der Waals surface area (Å²) in [6, 6.07) is 6.05. The predicted octanol–water partition coefficient (Wildman–Crippen LogP) is 3.58. The van der Waals surface area contributed by atoms with Gasteiger partial charge in [-0.25, -0.2) is 4.98 Å². The number of para-hydroxylation sites is 1. The van der Waals surface area contributed by atoms with E-state index in [2.05, 4.69) is 23.8 Å². The van der Waals surface area contributed by atoms with E-state index in [0.717, 1.165) is 35.6 Å². The van der Waals surface area contributed by atoms with Gasteiger partial charge in [0, 0.05) is 24.1 Å². The number of rotatable bonds is 6. The maximum absolute atomic E-state index is 5.89. The SMILES string of the molecule is COc1cccc2c1nc(CCCl)n2CC(C)SC. The van der Waals surface area contributed by atoms with Crippen molar-refractivity contribution in [2.75, 3.05) is 19.2 Å². The normalized spacial score (nSPS) is 12.8. The van der Waals surface area contributed by atoms with E-state index in [1.807, 2.05) is 23.9 Å². The number of hydrogen-bond acceptors (Lipinski definition) is 3. The first kappa shape index (κ1) is 14.5. The molecule has 0 radical (unpaired) electrons. The highest BCUT2D eigenvalue weighted by Gasteiger charge is 2.15. The summed E-state index contributed by atoms with van der Waals surface area (Å²) in [5.74, 6) is 2.44. The van der Waals surface area contributed by atoms with E-state index in [9.17, 15) is 0 Å². The van der Waals surface area contributed by atoms with Gasteiger partial charge in [-0.3, -0.25) is 0 Å². The van der Waals surface area contributed by atoms with Gasteiger partial charge >= 0.3 is 0 Å². The zero-order valence-electron chi connectivity index (χ0n) is 11.5. The Hall–Kier alpha value is -0.870. The summed E-state index contributed by atoms with van der Waals surface area (Å²) in [5.41, 5.74) is 2.05. The molecule has 0 aliphatic heterocycles. The van der Waals surface area contributed by atoms with Crippen LogP contribution in [0, 0.1) is 0 Å². The minimum Gasteiger partial charge on any atom is -0.494 e. The fraction of sp³-hybridized carbons (Fsp3) is 0.500. The van der Waals surface area contributed by atoms with Gasteiger partial charge in [-0.1, -0.05) is 13.0 Å². The number of aromatic nitrogens is 2. The number of imidazole rings is 1. The number of fused-ring (bicyclic) bond motifs is 1. The van der Waals surface area contributed by atoms with Crippen LogP contribution in [0.15, 0.2) is 18.2 Å². The average molecular weight is 299 g/mol. The van der Waals surface area contributed by atoms with Gasteiger partial charge in [0.15, 0.2) is 0 Å². The highest BCUT2D eigenvalue weighted by Crippen LogP contribution is 2.27. The van der Waals surface area contributed by atoms with E-state index in [1.54, 1.807) is 7.11 Å². The molecule has 0 aliphatic rings. The molecule has 1 heterocycles. The molecule has 1 aromatic heterocycles. The van der Waals surface area contributed by atoms with Gasteiger partial charge in [-0.05, 0) is 18.4 Å². The lowest BCUT2D eigenvalue weighted by atomic mass is 10.3. The second-order valence-electron chi connectivity index (χ2n) is 4.45. The van der Waals surface area contributed by atoms with Crippen molar-refractivity contribution in [3.05, 3.63) is 24.0 Å². The third-order valence-corrected chi connectivity index (χ3v) is 4.34. The second-order valence-corrected chi connectivity index (χ2v) is 6.11. The lowest BCUT2D eigenvalue weighted by molar-refractivity contribution is 0.419. The second kappa shape index (κ2) is 6.53. The van der Waals surface area contributed by atoms with Crippen molar-refractivity contribution in [2.45, 2.75) is 25.1 Å². The maximum Gasteiger partial charge on any atom is 0.146 e. The van der Waals surface area contributed by atoms with Gasteiger partial charge in [-0.15, -0.1) is 11.6 Å². The standard InChI is InChI=1S/C14H19ClN2OS/c1-10(19-3)9-17-11-5-4-6-12(18-2)14(11)16-13(17)7-8-15/h4-6,10H,7-9H2,1-3H3. The smallest absolute Gasteiger partial charge is 0.146 e. The molecule has 104 valence electrons. The molecule has 19 heavy (non-hydrogen) atoms. The lowest BCUT2D eigenvalue weighted by Crippen LogP contribution is -2.12. The minimum atomic E-state index is 0.540. The van der Waals surface area contributed by atoms with Gasteiger partial charge < -0.3 is 9.30 Å². The third-order valence-electron chi connectivity index (χ3n) is 3.20. The molecule has 0 spiro atoms. The zero-order valence-corrected chi connectivity index (χ0v) is 13.1. The highest BCUT2D eigenvalue weighted by atomic mass is 35.5. The molecule has 2 rings (SSSR count). The summed E-state index contributed by atoms with van der Waals surface area (Å²) < 4.78 is 7.66. The van der Waals surface area contributed by atoms with Crippen LogP contribution in [0.1, 0.15) is 12.7 Å². The number of alkyl halides is 1. The van der Waals surface area contributed by atoms with Crippen LogP contribution in [0.4, 0.5) is 0 Å². The number of aryl methyl sites for hydroxylation is 1. The fourth-order valence-electron chi connectivity index (χ4n) is 2.14. The Morgan fingerprint density at radius 3 is 2.89 bits per heavy atom. The molecule has 1 aromatic carbocycles. The van der Waals surface area contributed by atoms with Crippen LogP contribution in [-0.2, 0) is 13.0 Å². The molecule has 0 saturated heterocycles. The lowest BCUT2D eigenvalue weighted by Gasteiger charge is -2.13. The van der Waals surface area contributed by atoms with Crippen LogP contribution in [0.2, 0.25) is 0 Å². The van der Waals surface area contributed by atoms with Gasteiger partial charge in [-0.2, -0.15) is 11.8 Å². The summed E-state index contributed by atoms with van der Waals surface area (Å²) in [4.78, 5) is 4.70. The van der Waals surface area contributed by atoms with Crippen LogP contribution in [0.25, 0.3) is 11.0 Å². The third kappa shape index (κ3) is 3.00. The van der Waals surface area contributed by atoms with Crippen LogP contribution in [0.3, 0.4) is 0 Å². The molecule has 0 amide bonds. The van der Waals surface area contributed by atoms with Gasteiger partial charge in [0.05, 0.1) is 12.6 Å². The summed E-state index contributed by atoms with van der Waals surface area (Å²) in [6.45, 7) is 3.16. The number of benzene rings is 1. The first-order chi connectivity index (χ1) is 9.21. The van der Waals surface area contributed by atoms with Crippen LogP contribution >= 0.6 is 23.4 Å². The fourth-order valence-corrected chi connectivity index (χ4v) is 2.61. The monoisotopic (exact) mass is 298 g/mol. The highest BCUT2D eigenvalue weighted by molar-refractivity contribution is 7.99. The molecular formula is C14H19ClN2OS. The molecule has 0 fully saturated rings. The first-order valence-corrected chi connectivity index (χ1v) is 8.14. The Kier molecular flexibility index (Phi) is 4.99. The Labute approximate surface area is 123 Å². The Balaban J connectivity index is 2.53. The van der Waals surface area contributed by atoms with Crippen molar-refractivity contribution in [1.82, 2.24) is 9.55 Å². The summed E-state index contributed by atoms with van der Waals surface area (Å²) in [5, 5.41) is 0.540. The van der Waals surface area contributed by atoms with Gasteiger partial charge in [0.2, 0.25) is 0 Å². The first-order valence-electron chi connectivity index (χ1n) is 6.32. The number of nitrogens with zero attached hydrogens (tertiary/aromatic N) is 2. The van der Waals surface area contributed by atoms with Crippen molar-refractivity contribution in [3.8, 4) is 5.75 Å². The van der Waals surface area contributed by atoms with Crippen molar-refractivity contribution in [2.24, 2.45) is 0 Å². The Bertz CT molecular complexity index is 556. The maximum atomic E-state index is 5.89. The molecule has 5 heteroatoms. The molecule has 1 unspecified atom stereocenters. The molecule has 0 N–H and O–H groups in total. The van der Waals surface area contributed by atoms with Crippen molar-refractivity contribution in [3.63, 3.8) is 0 Å². The van der Waals surface area contributed by atoms with Crippen molar-refractivity contribution < 1.29 is 4.74 Å². The molecule has 0 saturated carbocycles. The van der Waals surface area contributed by atoms with E-state index in [0.29, 0.717) is 11.1 Å². The van der Waals surface area contributed by atoms with Crippen molar-refractivity contribution >= 4 is 34.4 Å². The topological polar surface area (TPSA) is 27.1 Å². The number of thioether (sulfide) groups is 1. The molecule has 0 aliphatic carbocycles. The predicted molar refractivity (Wildman–Crippen MR) is 83.7 cm³/mol. The van der Waals surface area contributed by atoms with Crippen LogP contribution in [0.5, 0.6) is 5.75 Å². The summed E-state index contributed by atoms with van der Waals surface area (Å²) in [7, 11) is 1.68. The van der Waals surface area contributed by atoms with E-state index in [4.69, 9.17) is 21.3 Å². The summed E-state index contributed by atoms with van der Waals surface area (Å²) >= 11 is 7.75. The molecular weight excluding hydrogens is 280 g/mol. The van der Waals surface area contributed by atoms with E-state index < -0.39 is 0 Å². The van der Waals surface area contributed by atoms with Gasteiger partial charge in [0.1, 0.15) is 17.1 Å². The van der Waals surface area contributed by atoms with Gasteiger partial charge in [0.25, 0.3) is 0 Å². The van der Waals surface area contributed by atoms with E-state index in [-0.39, 0.29) is 0 Å². The van der Waals surface area contributed by atoms with E-state index in [1.165, 1.54) is 0 Å². The Morgan fingerprint density at radius 1 is 1.47 bits per heavy atom. The summed E-state index contributed by atoms with van der Waals surface area (Å²) in [6.07, 6.45) is 2.91. The molecule has 3 nitrogen and oxygen atoms in total. The quantitative estimate of drug-likeness (QED) is 0.763. The minimum absolute atomic E-state index is 0.540. The molecule has 0 bridgehead atoms. The van der Waals surface area contributed by atoms with Crippen LogP contribution < -0.4 is 4.74 Å². The largest absolute Gasteiger partial charge is 0.494 e. The van der Waals surface area contributed by atoms with Crippen molar-refractivity contribution in [1.29, 1.82) is 0 Å². The number of methoxy groups -OCH3 is 1. The van der Waals surface area contributed by atoms with E-state index >= 15 is 0 Å².